The van der Waals surface area contributed by atoms with Crippen molar-refractivity contribution in [2.24, 2.45) is 40.6 Å². The lowest BCUT2D eigenvalue weighted by Crippen LogP contribution is -2.40. The number of halogens is 1. The summed E-state index contributed by atoms with van der Waals surface area (Å²) in [7, 11) is 0. The van der Waals surface area contributed by atoms with Crippen LogP contribution in [0.1, 0.15) is 17.7 Å². The number of benzene rings is 1. The number of imide groups is 1. The Kier molecular flexibility index (Phi) is 3.52. The van der Waals surface area contributed by atoms with Crippen molar-refractivity contribution < 1.29 is 14.0 Å². The second kappa shape index (κ2) is 5.92. The first kappa shape index (κ1) is 17.2. The normalized spacial score (nSPS) is 34.2. The molecule has 0 spiro atoms. The molecule has 2 bridgehead atoms. The molecule has 2 heterocycles. The van der Waals surface area contributed by atoms with Crippen molar-refractivity contribution in [2.45, 2.75) is 13.3 Å². The summed E-state index contributed by atoms with van der Waals surface area (Å²) < 4.78 is 5.86. The van der Waals surface area contributed by atoms with Crippen molar-refractivity contribution in [3.63, 3.8) is 0 Å². The monoisotopic (exact) mass is 406 g/mol. The van der Waals surface area contributed by atoms with Gasteiger partial charge in [-0.3, -0.25) is 9.59 Å². The van der Waals surface area contributed by atoms with Crippen LogP contribution in [0.25, 0.3) is 11.3 Å². The summed E-state index contributed by atoms with van der Waals surface area (Å²) in [5.41, 5.74) is 1.95. The molecular weight excluding hydrogens is 388 g/mol. The molecule has 5 nitrogen and oxygen atoms in total. The highest BCUT2D eigenvalue weighted by Crippen LogP contribution is 2.65. The van der Waals surface area contributed by atoms with Crippen LogP contribution in [0.5, 0.6) is 0 Å². The SMILES string of the molecule is Cc1ccc(Cl)cc1-c1ccc(C=NN2C(=O)C3C4C=CC(C5CC45)C3C2=O)o1. The molecule has 0 N–H and O–H groups in total. The molecular formula is C23H19ClN2O3. The molecule has 6 unspecified atom stereocenters. The number of amides is 2. The van der Waals surface area contributed by atoms with Crippen LogP contribution in [-0.4, -0.2) is 23.0 Å². The van der Waals surface area contributed by atoms with Crippen molar-refractivity contribution >= 4 is 29.6 Å². The average Bonchev–Trinajstić information content (AvgIpc) is 3.36. The standard InChI is InChI=1S/C23H19ClN2O3/c1-11-2-3-12(24)8-16(11)19-7-4-13(29-19)10-25-26-22(27)20-14-5-6-15(18-9-17(14)18)21(20)23(26)28/h2-8,10,14-15,17-18,20-21H,9H2,1H3. The Hall–Kier alpha value is -2.66. The minimum atomic E-state index is -0.236. The summed E-state index contributed by atoms with van der Waals surface area (Å²) in [5.74, 6) is 1.91. The average molecular weight is 407 g/mol. The number of hydrogen-bond donors (Lipinski definition) is 0. The maximum absolute atomic E-state index is 12.9. The summed E-state index contributed by atoms with van der Waals surface area (Å²) in [6, 6.07) is 9.23. The molecule has 1 aromatic heterocycles. The second-order valence-electron chi connectivity index (χ2n) is 8.55. The number of carbonyl (C=O) groups excluding carboxylic acids is 2. The van der Waals surface area contributed by atoms with Crippen molar-refractivity contribution in [3.05, 3.63) is 58.8 Å². The summed E-state index contributed by atoms with van der Waals surface area (Å²) in [5, 5.41) is 5.93. The molecule has 4 aliphatic carbocycles. The summed E-state index contributed by atoms with van der Waals surface area (Å²) in [6.45, 7) is 1.98. The maximum atomic E-state index is 12.9. The van der Waals surface area contributed by atoms with Gasteiger partial charge in [0, 0.05) is 10.6 Å². The van der Waals surface area contributed by atoms with Crippen LogP contribution in [0.2, 0.25) is 5.02 Å². The van der Waals surface area contributed by atoms with Crippen LogP contribution in [0.15, 0.2) is 52.0 Å². The highest BCUT2D eigenvalue weighted by molar-refractivity contribution is 6.30. The largest absolute Gasteiger partial charge is 0.455 e. The van der Waals surface area contributed by atoms with Gasteiger partial charge in [0.25, 0.3) is 11.8 Å². The van der Waals surface area contributed by atoms with Crippen LogP contribution in [0.4, 0.5) is 0 Å². The van der Waals surface area contributed by atoms with Gasteiger partial charge in [0.15, 0.2) is 0 Å². The highest BCUT2D eigenvalue weighted by atomic mass is 35.5. The van der Waals surface area contributed by atoms with Crippen LogP contribution in [-0.2, 0) is 9.59 Å². The van der Waals surface area contributed by atoms with Gasteiger partial charge in [0.2, 0.25) is 0 Å². The number of hydrogen-bond acceptors (Lipinski definition) is 4. The third kappa shape index (κ3) is 2.43. The smallest absolute Gasteiger partial charge is 0.254 e. The van der Waals surface area contributed by atoms with E-state index < -0.39 is 0 Å². The minimum Gasteiger partial charge on any atom is -0.455 e. The number of carbonyl (C=O) groups is 2. The lowest BCUT2D eigenvalue weighted by atomic mass is 9.63. The van der Waals surface area contributed by atoms with Crippen LogP contribution in [0, 0.1) is 42.4 Å². The van der Waals surface area contributed by atoms with E-state index in [1.807, 2.05) is 31.2 Å². The number of nitrogens with zero attached hydrogens (tertiary/aromatic N) is 2. The van der Waals surface area contributed by atoms with Gasteiger partial charge in [-0.15, -0.1) is 0 Å². The molecule has 6 heteroatoms. The lowest BCUT2D eigenvalue weighted by Gasteiger charge is -2.37. The molecule has 1 aromatic carbocycles. The molecule has 2 aromatic rings. The molecule has 3 fully saturated rings. The number of furan rings is 1. The Morgan fingerprint density at radius 2 is 1.76 bits per heavy atom. The summed E-state index contributed by atoms with van der Waals surface area (Å²) in [4.78, 5) is 25.9. The summed E-state index contributed by atoms with van der Waals surface area (Å²) in [6.07, 6.45) is 6.92. The van der Waals surface area contributed by atoms with Gasteiger partial charge in [-0.25, -0.2) is 0 Å². The molecule has 7 rings (SSSR count). The third-order valence-corrected chi connectivity index (χ3v) is 7.27. The van der Waals surface area contributed by atoms with Crippen molar-refractivity contribution in [1.29, 1.82) is 0 Å². The fourth-order valence-corrected chi connectivity index (χ4v) is 5.77. The molecule has 1 saturated heterocycles. The van der Waals surface area contributed by atoms with Crippen molar-refractivity contribution in [3.8, 4) is 11.3 Å². The van der Waals surface area contributed by atoms with Crippen LogP contribution < -0.4 is 0 Å². The first-order valence-corrected chi connectivity index (χ1v) is 10.4. The number of rotatable bonds is 3. The number of allylic oxidation sites excluding steroid dienone is 2. The molecule has 146 valence electrons. The van der Waals surface area contributed by atoms with E-state index in [9.17, 15) is 9.59 Å². The zero-order valence-corrected chi connectivity index (χ0v) is 16.5. The minimum absolute atomic E-state index is 0.168. The molecule has 2 amide bonds. The van der Waals surface area contributed by atoms with Gasteiger partial charge in [0.1, 0.15) is 11.5 Å². The zero-order valence-electron chi connectivity index (χ0n) is 15.8. The Morgan fingerprint density at radius 1 is 1.07 bits per heavy atom. The highest BCUT2D eigenvalue weighted by Gasteiger charge is 2.67. The first-order valence-electron chi connectivity index (χ1n) is 9.99. The Labute approximate surface area is 173 Å². The predicted octanol–water partition coefficient (Wildman–Crippen LogP) is 4.30. The lowest BCUT2D eigenvalue weighted by molar-refractivity contribution is -0.140. The molecule has 6 atom stereocenters. The van der Waals surface area contributed by atoms with Crippen molar-refractivity contribution in [1.82, 2.24) is 5.01 Å². The van der Waals surface area contributed by atoms with Gasteiger partial charge in [-0.05, 0) is 66.8 Å². The van der Waals surface area contributed by atoms with Crippen molar-refractivity contribution in [2.75, 3.05) is 0 Å². The topological polar surface area (TPSA) is 62.9 Å². The molecule has 1 aliphatic heterocycles. The van der Waals surface area contributed by atoms with E-state index in [0.717, 1.165) is 22.6 Å². The molecule has 0 radical (unpaired) electrons. The Balaban J connectivity index is 1.26. The fraction of sp³-hybridized carbons (Fsp3) is 0.348. The fourth-order valence-electron chi connectivity index (χ4n) is 5.60. The molecule has 5 aliphatic rings. The van der Waals surface area contributed by atoms with Gasteiger partial charge in [-0.1, -0.05) is 29.8 Å². The predicted molar refractivity (Wildman–Crippen MR) is 108 cm³/mol. The quantitative estimate of drug-likeness (QED) is 0.434. The second-order valence-corrected chi connectivity index (χ2v) is 8.99. The van der Waals surface area contributed by atoms with Crippen LogP contribution in [0.3, 0.4) is 0 Å². The van der Waals surface area contributed by atoms with Gasteiger partial charge >= 0.3 is 0 Å². The summed E-state index contributed by atoms with van der Waals surface area (Å²) >= 11 is 6.10. The van der Waals surface area contributed by atoms with E-state index in [4.69, 9.17) is 16.0 Å². The van der Waals surface area contributed by atoms with E-state index in [0.29, 0.717) is 28.4 Å². The van der Waals surface area contributed by atoms with E-state index in [-0.39, 0.29) is 35.5 Å². The van der Waals surface area contributed by atoms with Gasteiger partial charge in [-0.2, -0.15) is 10.1 Å². The third-order valence-electron chi connectivity index (χ3n) is 7.03. The number of aryl methyl sites for hydroxylation is 1. The number of hydrazone groups is 1. The van der Waals surface area contributed by atoms with Gasteiger partial charge in [0.05, 0.1) is 18.1 Å². The molecule has 29 heavy (non-hydrogen) atoms. The zero-order chi connectivity index (χ0) is 19.9. The maximum Gasteiger partial charge on any atom is 0.254 e. The van der Waals surface area contributed by atoms with Gasteiger partial charge < -0.3 is 4.42 Å². The van der Waals surface area contributed by atoms with E-state index >= 15 is 0 Å². The Morgan fingerprint density at radius 3 is 2.45 bits per heavy atom. The van der Waals surface area contributed by atoms with E-state index in [1.54, 1.807) is 6.07 Å². The first-order chi connectivity index (χ1) is 14.0. The van der Waals surface area contributed by atoms with Crippen LogP contribution >= 0.6 is 11.6 Å². The van der Waals surface area contributed by atoms with E-state index in [1.165, 1.54) is 6.21 Å². The molecule has 2 saturated carbocycles. The Bertz CT molecular complexity index is 1080. The van der Waals surface area contributed by atoms with E-state index in [2.05, 4.69) is 17.3 Å².